The molecular formula is C9H16N6O3S. The topological polar surface area (TPSA) is 121 Å². The molecule has 1 aromatic rings. The molecule has 0 aliphatic carbocycles. The van der Waals surface area contributed by atoms with E-state index in [4.69, 9.17) is 0 Å². The van der Waals surface area contributed by atoms with Crippen molar-refractivity contribution in [3.63, 3.8) is 0 Å². The minimum absolute atomic E-state index is 0.182. The fourth-order valence-electron chi connectivity index (χ4n) is 2.03. The van der Waals surface area contributed by atoms with E-state index in [1.165, 1.54) is 4.31 Å². The zero-order chi connectivity index (χ0) is 13.9. The molecule has 1 fully saturated rings. The van der Waals surface area contributed by atoms with E-state index in [1.54, 1.807) is 0 Å². The Balaban J connectivity index is 1.88. The molecule has 1 aromatic heterocycles. The van der Waals surface area contributed by atoms with Crippen molar-refractivity contribution in [3.05, 3.63) is 5.82 Å². The van der Waals surface area contributed by atoms with Crippen molar-refractivity contribution < 1.29 is 13.2 Å². The summed E-state index contributed by atoms with van der Waals surface area (Å²) in [6, 6.07) is 0. The lowest BCUT2D eigenvalue weighted by molar-refractivity contribution is -0.126. The lowest BCUT2D eigenvalue weighted by Gasteiger charge is -2.29. The van der Waals surface area contributed by atoms with Gasteiger partial charge >= 0.3 is 0 Å². The number of carbonyl (C=O) groups excluding carboxylic acids is 1. The lowest BCUT2D eigenvalue weighted by atomic mass is 9.99. The van der Waals surface area contributed by atoms with E-state index in [0.29, 0.717) is 25.2 Å². The average Bonchev–Trinajstić information content (AvgIpc) is 2.88. The van der Waals surface area contributed by atoms with Crippen LogP contribution in [0.1, 0.15) is 18.7 Å². The Morgan fingerprint density at radius 2 is 2.37 bits per heavy atom. The van der Waals surface area contributed by atoms with Crippen LogP contribution in [-0.4, -0.2) is 58.6 Å². The third-order valence-electron chi connectivity index (χ3n) is 3.03. The van der Waals surface area contributed by atoms with Gasteiger partial charge in [0, 0.05) is 13.1 Å². The van der Waals surface area contributed by atoms with E-state index >= 15 is 0 Å². The van der Waals surface area contributed by atoms with Crippen LogP contribution in [0.2, 0.25) is 0 Å². The van der Waals surface area contributed by atoms with E-state index < -0.39 is 10.0 Å². The van der Waals surface area contributed by atoms with Gasteiger partial charge in [-0.05, 0) is 12.8 Å². The fraction of sp³-hybridized carbons (Fsp3) is 0.778. The Kier molecular flexibility index (Phi) is 4.10. The van der Waals surface area contributed by atoms with Gasteiger partial charge in [0.2, 0.25) is 15.9 Å². The van der Waals surface area contributed by atoms with Gasteiger partial charge in [-0.15, -0.1) is 10.2 Å². The molecule has 106 valence electrons. The highest BCUT2D eigenvalue weighted by atomic mass is 32.2. The number of aromatic amines is 1. The van der Waals surface area contributed by atoms with E-state index in [0.717, 1.165) is 6.26 Å². The normalized spacial score (nSPS) is 21.2. The van der Waals surface area contributed by atoms with Crippen molar-refractivity contribution in [3.8, 4) is 0 Å². The number of amides is 1. The monoisotopic (exact) mass is 288 g/mol. The minimum Gasteiger partial charge on any atom is -0.348 e. The number of tetrazole rings is 1. The molecule has 9 nitrogen and oxygen atoms in total. The van der Waals surface area contributed by atoms with Gasteiger partial charge in [0.1, 0.15) is 0 Å². The van der Waals surface area contributed by atoms with Gasteiger partial charge in [-0.25, -0.2) is 12.7 Å². The molecule has 2 heterocycles. The molecule has 0 saturated carbocycles. The van der Waals surface area contributed by atoms with Crippen LogP contribution in [0.3, 0.4) is 0 Å². The predicted octanol–water partition coefficient (Wildman–Crippen LogP) is -1.51. The molecule has 1 saturated heterocycles. The standard InChI is InChI=1S/C9H16N6O3S/c1-19(17,18)15-4-2-3-7(6-15)9(16)10-5-8-11-13-14-12-8/h7H,2-6H2,1H3,(H,10,16)(H,11,12,13,14). The summed E-state index contributed by atoms with van der Waals surface area (Å²) in [5, 5.41) is 15.8. The summed E-state index contributed by atoms with van der Waals surface area (Å²) in [4.78, 5) is 11.9. The van der Waals surface area contributed by atoms with Gasteiger partial charge in [-0.1, -0.05) is 5.21 Å². The number of carbonyl (C=O) groups is 1. The third kappa shape index (κ3) is 3.70. The fourth-order valence-corrected chi connectivity index (χ4v) is 2.94. The molecule has 1 aliphatic rings. The maximum Gasteiger partial charge on any atom is 0.224 e. The maximum absolute atomic E-state index is 11.9. The second kappa shape index (κ2) is 5.61. The first-order valence-electron chi connectivity index (χ1n) is 5.92. The second-order valence-corrected chi connectivity index (χ2v) is 6.49. The highest BCUT2D eigenvalue weighted by Gasteiger charge is 2.30. The second-order valence-electron chi connectivity index (χ2n) is 4.51. The highest BCUT2D eigenvalue weighted by molar-refractivity contribution is 7.88. The Labute approximate surface area is 110 Å². The zero-order valence-corrected chi connectivity index (χ0v) is 11.4. The molecule has 1 atom stereocenters. The lowest BCUT2D eigenvalue weighted by Crippen LogP contribution is -2.44. The Morgan fingerprint density at radius 3 is 3.00 bits per heavy atom. The Morgan fingerprint density at radius 1 is 1.58 bits per heavy atom. The quantitative estimate of drug-likeness (QED) is 0.694. The number of piperidine rings is 1. The maximum atomic E-state index is 11.9. The van der Waals surface area contributed by atoms with Crippen LogP contribution in [0.4, 0.5) is 0 Å². The number of rotatable bonds is 4. The molecule has 1 unspecified atom stereocenters. The highest BCUT2D eigenvalue weighted by Crippen LogP contribution is 2.18. The molecule has 2 rings (SSSR count). The van der Waals surface area contributed by atoms with E-state index in [1.807, 2.05) is 0 Å². The van der Waals surface area contributed by atoms with Gasteiger partial charge in [-0.2, -0.15) is 5.21 Å². The number of sulfonamides is 1. The van der Waals surface area contributed by atoms with Gasteiger partial charge in [0.05, 0.1) is 18.7 Å². The summed E-state index contributed by atoms with van der Waals surface area (Å²) >= 11 is 0. The van der Waals surface area contributed by atoms with Crippen molar-refractivity contribution in [2.45, 2.75) is 19.4 Å². The summed E-state index contributed by atoms with van der Waals surface area (Å²) in [7, 11) is -3.24. The van der Waals surface area contributed by atoms with Crippen LogP contribution in [0.5, 0.6) is 0 Å². The van der Waals surface area contributed by atoms with Gasteiger partial charge in [-0.3, -0.25) is 4.79 Å². The van der Waals surface area contributed by atoms with Crippen LogP contribution in [0.15, 0.2) is 0 Å². The Bertz CT molecular complexity index is 528. The first-order valence-corrected chi connectivity index (χ1v) is 7.77. The number of nitrogens with zero attached hydrogens (tertiary/aromatic N) is 4. The summed E-state index contributed by atoms with van der Waals surface area (Å²) in [6.45, 7) is 0.898. The Hall–Kier alpha value is -1.55. The number of aromatic nitrogens is 4. The molecule has 10 heteroatoms. The molecule has 2 N–H and O–H groups in total. The van der Waals surface area contributed by atoms with Gasteiger partial charge < -0.3 is 5.32 Å². The number of H-pyrrole nitrogens is 1. The van der Waals surface area contributed by atoms with Crippen LogP contribution >= 0.6 is 0 Å². The molecular weight excluding hydrogens is 272 g/mol. The molecule has 0 aromatic carbocycles. The molecule has 1 aliphatic heterocycles. The number of hydrogen-bond donors (Lipinski definition) is 2. The predicted molar refractivity (Wildman–Crippen MR) is 65.2 cm³/mol. The van der Waals surface area contributed by atoms with Crippen molar-refractivity contribution in [2.24, 2.45) is 5.92 Å². The van der Waals surface area contributed by atoms with Crippen LogP contribution in [-0.2, 0) is 21.4 Å². The molecule has 0 radical (unpaired) electrons. The summed E-state index contributed by atoms with van der Waals surface area (Å²) in [5.41, 5.74) is 0. The minimum atomic E-state index is -3.24. The molecule has 0 spiro atoms. The number of hydrogen-bond acceptors (Lipinski definition) is 6. The van der Waals surface area contributed by atoms with Gasteiger partial charge in [0.15, 0.2) is 5.82 Å². The van der Waals surface area contributed by atoms with Crippen molar-refractivity contribution >= 4 is 15.9 Å². The van der Waals surface area contributed by atoms with E-state index in [2.05, 4.69) is 25.9 Å². The average molecular weight is 288 g/mol. The molecule has 0 bridgehead atoms. The SMILES string of the molecule is CS(=O)(=O)N1CCCC(C(=O)NCc2nn[nH]n2)C1. The summed E-state index contributed by atoms with van der Waals surface area (Å²) in [6.07, 6.45) is 2.53. The summed E-state index contributed by atoms with van der Waals surface area (Å²) < 4.78 is 24.3. The molecule has 1 amide bonds. The smallest absolute Gasteiger partial charge is 0.224 e. The first kappa shape index (κ1) is 13.9. The van der Waals surface area contributed by atoms with Crippen LogP contribution < -0.4 is 5.32 Å². The van der Waals surface area contributed by atoms with Crippen LogP contribution in [0.25, 0.3) is 0 Å². The van der Waals surface area contributed by atoms with Crippen LogP contribution in [0, 0.1) is 5.92 Å². The van der Waals surface area contributed by atoms with Crippen molar-refractivity contribution in [2.75, 3.05) is 19.3 Å². The van der Waals surface area contributed by atoms with Crippen molar-refractivity contribution in [1.29, 1.82) is 0 Å². The number of nitrogens with one attached hydrogen (secondary N) is 2. The van der Waals surface area contributed by atoms with Gasteiger partial charge in [0.25, 0.3) is 0 Å². The zero-order valence-electron chi connectivity index (χ0n) is 10.5. The largest absolute Gasteiger partial charge is 0.348 e. The third-order valence-corrected chi connectivity index (χ3v) is 4.30. The van der Waals surface area contributed by atoms with E-state index in [9.17, 15) is 13.2 Å². The first-order chi connectivity index (χ1) is 8.97. The molecule has 19 heavy (non-hydrogen) atoms. The summed E-state index contributed by atoms with van der Waals surface area (Å²) in [5.74, 6) is -0.113. The van der Waals surface area contributed by atoms with Crippen molar-refractivity contribution in [1.82, 2.24) is 30.2 Å². The van der Waals surface area contributed by atoms with E-state index in [-0.39, 0.29) is 24.9 Å².